The molecule has 1 aromatic carbocycles. The van der Waals surface area contributed by atoms with Crippen LogP contribution in [0.3, 0.4) is 0 Å². The van der Waals surface area contributed by atoms with Crippen molar-refractivity contribution in [2.45, 2.75) is 12.8 Å². The molecule has 0 aromatic heterocycles. The molecule has 0 aliphatic carbocycles. The summed E-state index contributed by atoms with van der Waals surface area (Å²) < 4.78 is 18.4. The van der Waals surface area contributed by atoms with Gasteiger partial charge in [-0.1, -0.05) is 11.6 Å². The molecule has 0 radical (unpaired) electrons. The Hall–Kier alpha value is -0.800. The van der Waals surface area contributed by atoms with Crippen molar-refractivity contribution in [2.75, 3.05) is 19.7 Å². The summed E-state index contributed by atoms with van der Waals surface area (Å²) in [5.74, 6) is 0.809. The number of piperidine rings is 1. The molecule has 16 heavy (non-hydrogen) atoms. The second kappa shape index (κ2) is 5.51. The molecule has 1 heterocycles. The van der Waals surface area contributed by atoms with Crippen molar-refractivity contribution in [3.05, 3.63) is 29.0 Å². The first-order chi connectivity index (χ1) is 7.75. The largest absolute Gasteiger partial charge is 0.492 e. The van der Waals surface area contributed by atoms with E-state index in [4.69, 9.17) is 16.3 Å². The topological polar surface area (TPSA) is 21.3 Å². The SMILES string of the molecule is Fc1ccc(OCC2CCNCC2)c(Cl)c1. The van der Waals surface area contributed by atoms with Gasteiger partial charge in [-0.25, -0.2) is 4.39 Å². The lowest BCUT2D eigenvalue weighted by molar-refractivity contribution is 0.215. The van der Waals surface area contributed by atoms with E-state index in [0.717, 1.165) is 25.9 Å². The molecule has 0 bridgehead atoms. The van der Waals surface area contributed by atoms with Gasteiger partial charge in [0.05, 0.1) is 11.6 Å². The number of hydrogen-bond acceptors (Lipinski definition) is 2. The molecule has 0 saturated carbocycles. The Balaban J connectivity index is 1.88. The number of hydrogen-bond donors (Lipinski definition) is 1. The normalized spacial score (nSPS) is 17.4. The average molecular weight is 244 g/mol. The van der Waals surface area contributed by atoms with E-state index in [0.29, 0.717) is 23.3 Å². The monoisotopic (exact) mass is 243 g/mol. The van der Waals surface area contributed by atoms with Crippen molar-refractivity contribution in [3.63, 3.8) is 0 Å². The first-order valence-electron chi connectivity index (χ1n) is 5.54. The maximum atomic E-state index is 12.8. The van der Waals surface area contributed by atoms with Crippen molar-refractivity contribution in [3.8, 4) is 5.75 Å². The third kappa shape index (κ3) is 3.09. The third-order valence-electron chi connectivity index (χ3n) is 2.83. The molecule has 1 aliphatic heterocycles. The fourth-order valence-corrected chi connectivity index (χ4v) is 2.07. The highest BCUT2D eigenvalue weighted by Gasteiger charge is 2.14. The highest BCUT2D eigenvalue weighted by Crippen LogP contribution is 2.26. The summed E-state index contributed by atoms with van der Waals surface area (Å²) in [5.41, 5.74) is 0. The van der Waals surface area contributed by atoms with Gasteiger partial charge in [0, 0.05) is 0 Å². The summed E-state index contributed by atoms with van der Waals surface area (Å²) in [6.07, 6.45) is 2.25. The van der Waals surface area contributed by atoms with Gasteiger partial charge in [0.2, 0.25) is 0 Å². The summed E-state index contributed by atoms with van der Waals surface area (Å²) >= 11 is 5.87. The van der Waals surface area contributed by atoms with Gasteiger partial charge in [0.15, 0.2) is 0 Å². The molecule has 1 saturated heterocycles. The van der Waals surface area contributed by atoms with Crippen LogP contribution in [0.5, 0.6) is 5.75 Å². The minimum Gasteiger partial charge on any atom is -0.492 e. The van der Waals surface area contributed by atoms with E-state index in [1.807, 2.05) is 0 Å². The average Bonchev–Trinajstić information content (AvgIpc) is 2.29. The molecule has 1 fully saturated rings. The predicted octanol–water partition coefficient (Wildman–Crippen LogP) is 2.86. The second-order valence-corrected chi connectivity index (χ2v) is 4.49. The van der Waals surface area contributed by atoms with Crippen molar-refractivity contribution < 1.29 is 9.13 Å². The fourth-order valence-electron chi connectivity index (χ4n) is 1.85. The number of halogens is 2. The number of nitrogens with one attached hydrogen (secondary N) is 1. The van der Waals surface area contributed by atoms with Crippen LogP contribution in [0.4, 0.5) is 4.39 Å². The van der Waals surface area contributed by atoms with Gasteiger partial charge < -0.3 is 10.1 Å². The first kappa shape index (κ1) is 11.7. The molecule has 1 N–H and O–H groups in total. The Bertz CT molecular complexity index is 353. The van der Waals surface area contributed by atoms with E-state index in [1.54, 1.807) is 6.07 Å². The number of rotatable bonds is 3. The predicted molar refractivity (Wildman–Crippen MR) is 62.5 cm³/mol. The van der Waals surface area contributed by atoms with Crippen LogP contribution in [-0.2, 0) is 0 Å². The molecule has 88 valence electrons. The minimum atomic E-state index is -0.334. The van der Waals surface area contributed by atoms with E-state index in [2.05, 4.69) is 5.32 Å². The van der Waals surface area contributed by atoms with Gasteiger partial charge in [-0.05, 0) is 50.0 Å². The molecule has 4 heteroatoms. The summed E-state index contributed by atoms with van der Waals surface area (Å²) in [6.45, 7) is 2.75. The van der Waals surface area contributed by atoms with Crippen LogP contribution in [0, 0.1) is 11.7 Å². The molecule has 0 spiro atoms. The van der Waals surface area contributed by atoms with Gasteiger partial charge in [-0.3, -0.25) is 0 Å². The Morgan fingerprint density at radius 1 is 1.38 bits per heavy atom. The molecule has 0 unspecified atom stereocenters. The van der Waals surface area contributed by atoms with Crippen molar-refractivity contribution in [1.82, 2.24) is 5.32 Å². The quantitative estimate of drug-likeness (QED) is 0.882. The van der Waals surface area contributed by atoms with Crippen molar-refractivity contribution >= 4 is 11.6 Å². The van der Waals surface area contributed by atoms with Crippen LogP contribution in [0.1, 0.15) is 12.8 Å². The van der Waals surface area contributed by atoms with E-state index < -0.39 is 0 Å². The highest BCUT2D eigenvalue weighted by molar-refractivity contribution is 6.32. The van der Waals surface area contributed by atoms with Gasteiger partial charge in [0.25, 0.3) is 0 Å². The van der Waals surface area contributed by atoms with Crippen LogP contribution in [0.25, 0.3) is 0 Å². The smallest absolute Gasteiger partial charge is 0.138 e. The molecular weight excluding hydrogens is 229 g/mol. The lowest BCUT2D eigenvalue weighted by Crippen LogP contribution is -2.30. The van der Waals surface area contributed by atoms with E-state index in [9.17, 15) is 4.39 Å². The van der Waals surface area contributed by atoms with Crippen LogP contribution >= 0.6 is 11.6 Å². The van der Waals surface area contributed by atoms with Crippen molar-refractivity contribution in [2.24, 2.45) is 5.92 Å². The lowest BCUT2D eigenvalue weighted by atomic mass is 9.99. The zero-order valence-corrected chi connectivity index (χ0v) is 9.77. The highest BCUT2D eigenvalue weighted by atomic mass is 35.5. The zero-order valence-electron chi connectivity index (χ0n) is 9.01. The van der Waals surface area contributed by atoms with Gasteiger partial charge in [-0.2, -0.15) is 0 Å². The maximum Gasteiger partial charge on any atom is 0.138 e. The lowest BCUT2D eigenvalue weighted by Gasteiger charge is -2.22. The van der Waals surface area contributed by atoms with E-state index in [-0.39, 0.29) is 5.82 Å². The van der Waals surface area contributed by atoms with Crippen LogP contribution in [0.15, 0.2) is 18.2 Å². The van der Waals surface area contributed by atoms with Gasteiger partial charge in [-0.15, -0.1) is 0 Å². The standard InChI is InChI=1S/C12H15ClFNO/c13-11-7-10(14)1-2-12(11)16-8-9-3-5-15-6-4-9/h1-2,7,9,15H,3-6,8H2. The summed E-state index contributed by atoms with van der Waals surface area (Å²) in [5, 5.41) is 3.64. The molecule has 2 rings (SSSR count). The molecular formula is C12H15ClFNO. The molecule has 0 amide bonds. The zero-order chi connectivity index (χ0) is 11.4. The first-order valence-corrected chi connectivity index (χ1v) is 5.92. The molecule has 1 aliphatic rings. The minimum absolute atomic E-state index is 0.334. The van der Waals surface area contributed by atoms with E-state index >= 15 is 0 Å². The Morgan fingerprint density at radius 2 is 2.12 bits per heavy atom. The molecule has 1 aromatic rings. The van der Waals surface area contributed by atoms with Crippen LogP contribution in [0.2, 0.25) is 5.02 Å². The number of ether oxygens (including phenoxy) is 1. The van der Waals surface area contributed by atoms with Crippen molar-refractivity contribution in [1.29, 1.82) is 0 Å². The van der Waals surface area contributed by atoms with Gasteiger partial charge >= 0.3 is 0 Å². The summed E-state index contributed by atoms with van der Waals surface area (Å²) in [4.78, 5) is 0. The summed E-state index contributed by atoms with van der Waals surface area (Å²) in [7, 11) is 0. The maximum absolute atomic E-state index is 12.8. The Kier molecular flexibility index (Phi) is 4.02. The second-order valence-electron chi connectivity index (χ2n) is 4.08. The third-order valence-corrected chi connectivity index (χ3v) is 3.12. The molecule has 0 atom stereocenters. The fraction of sp³-hybridized carbons (Fsp3) is 0.500. The number of benzene rings is 1. The van der Waals surface area contributed by atoms with Crippen LogP contribution < -0.4 is 10.1 Å². The summed E-state index contributed by atoms with van der Waals surface area (Å²) in [6, 6.07) is 4.22. The molecule has 2 nitrogen and oxygen atoms in total. The Labute approximate surface area is 99.7 Å². The Morgan fingerprint density at radius 3 is 2.81 bits per heavy atom. The van der Waals surface area contributed by atoms with Gasteiger partial charge in [0.1, 0.15) is 11.6 Å². The van der Waals surface area contributed by atoms with Crippen LogP contribution in [-0.4, -0.2) is 19.7 Å². The van der Waals surface area contributed by atoms with E-state index in [1.165, 1.54) is 12.1 Å².